The van der Waals surface area contributed by atoms with Crippen LogP contribution in [0.4, 0.5) is 0 Å². The molecule has 0 aromatic heterocycles. The van der Waals surface area contributed by atoms with Gasteiger partial charge in [0, 0.05) is 6.54 Å². The van der Waals surface area contributed by atoms with Crippen LogP contribution in [-0.2, 0) is 13.6 Å². The first-order chi connectivity index (χ1) is 20.9. The Morgan fingerprint density at radius 1 is 0.512 bits per heavy atom. The third-order valence-electron chi connectivity index (χ3n) is 8.91. The largest absolute Gasteiger partial charge is 0.405 e. The molecule has 0 saturated carbocycles. The van der Waals surface area contributed by atoms with Crippen molar-refractivity contribution in [2.45, 2.75) is 188 Å². The second kappa shape index (κ2) is 32.0. The van der Waals surface area contributed by atoms with Crippen molar-refractivity contribution >= 4 is 7.75 Å². The van der Waals surface area contributed by atoms with E-state index >= 15 is 0 Å². The first-order valence-electron chi connectivity index (χ1n) is 19.2. The molecule has 0 aliphatic carbocycles. The normalized spacial score (nSPS) is 14.8. The van der Waals surface area contributed by atoms with Crippen molar-refractivity contribution in [3.8, 4) is 0 Å². The molecule has 0 radical (unpaired) electrons. The lowest BCUT2D eigenvalue weighted by molar-refractivity contribution is 0.140. The van der Waals surface area contributed by atoms with Crippen LogP contribution in [0.25, 0.3) is 0 Å². The Morgan fingerprint density at radius 2 is 0.837 bits per heavy atom. The van der Waals surface area contributed by atoms with Crippen molar-refractivity contribution < 1.29 is 13.6 Å². The van der Waals surface area contributed by atoms with Gasteiger partial charge in [-0.25, -0.2) is 9.65 Å². The molecule has 0 heterocycles. The Morgan fingerprint density at radius 3 is 1.19 bits per heavy atom. The molecule has 0 bridgehead atoms. The lowest BCUT2D eigenvalue weighted by Crippen LogP contribution is -2.24. The molecule has 0 fully saturated rings. The summed E-state index contributed by atoms with van der Waals surface area (Å²) in [5.74, 6) is 0.938. The van der Waals surface area contributed by atoms with Crippen LogP contribution in [0.15, 0.2) is 0 Å². The van der Waals surface area contributed by atoms with E-state index in [9.17, 15) is 4.57 Å². The zero-order valence-corrected chi connectivity index (χ0v) is 31.2. The highest BCUT2D eigenvalue weighted by molar-refractivity contribution is 7.51. The average Bonchev–Trinajstić information content (AvgIpc) is 2.99. The van der Waals surface area contributed by atoms with Gasteiger partial charge >= 0.3 is 7.75 Å². The number of hydrogen-bond donors (Lipinski definition) is 1. The van der Waals surface area contributed by atoms with E-state index < -0.39 is 7.75 Å². The van der Waals surface area contributed by atoms with E-state index in [0.717, 1.165) is 13.0 Å². The number of unbranched alkanes of at least 4 members (excludes halogenated alkanes) is 16. The molecule has 0 aliphatic heterocycles. The zero-order valence-electron chi connectivity index (χ0n) is 30.3. The molecule has 0 rings (SSSR count). The molecular weight excluding hydrogens is 551 g/mol. The fourth-order valence-corrected chi connectivity index (χ4v) is 7.42. The molecule has 2 atom stereocenters. The van der Waals surface area contributed by atoms with Crippen LogP contribution in [0.2, 0.25) is 0 Å². The monoisotopic (exact) mass is 631 g/mol. The van der Waals surface area contributed by atoms with Crippen LogP contribution in [0.1, 0.15) is 188 Å². The summed E-state index contributed by atoms with van der Waals surface area (Å²) in [6, 6.07) is 0. The molecule has 0 aromatic carbocycles. The van der Waals surface area contributed by atoms with Gasteiger partial charge in [0.15, 0.2) is 0 Å². The summed E-state index contributed by atoms with van der Waals surface area (Å²) in [6.45, 7) is 11.8. The Labute approximate surface area is 271 Å². The van der Waals surface area contributed by atoms with E-state index in [4.69, 9.17) is 9.05 Å². The van der Waals surface area contributed by atoms with E-state index in [0.29, 0.717) is 31.6 Å². The Hall–Kier alpha value is 0.0700. The Kier molecular flexibility index (Phi) is 32.1. The van der Waals surface area contributed by atoms with Gasteiger partial charge in [0.25, 0.3) is 0 Å². The molecule has 0 amide bonds. The minimum atomic E-state index is -3.35. The van der Waals surface area contributed by atoms with Crippen LogP contribution in [0, 0.1) is 11.8 Å². The SMILES string of the molecule is CCCCCCCCC(CCCCCC)COP(=O)(NCCCN(C)C)OCC(CCCCCC)CCCCCCCC. The highest BCUT2D eigenvalue weighted by atomic mass is 31.2. The number of hydrogen-bond acceptors (Lipinski definition) is 4. The molecule has 0 aromatic rings. The van der Waals surface area contributed by atoms with Gasteiger partial charge in [0.1, 0.15) is 0 Å². The number of nitrogens with zero attached hydrogens (tertiary/aromatic N) is 1. The molecule has 2 unspecified atom stereocenters. The molecule has 260 valence electrons. The van der Waals surface area contributed by atoms with Gasteiger partial charge in [-0.05, 0) is 64.6 Å². The summed E-state index contributed by atoms with van der Waals surface area (Å²) in [5, 5.41) is 3.28. The molecular formula is C37H79N2O3P. The molecule has 0 aliphatic rings. The van der Waals surface area contributed by atoms with Gasteiger partial charge in [-0.15, -0.1) is 0 Å². The smallest absolute Gasteiger partial charge is 0.309 e. The maximum atomic E-state index is 14.1. The topological polar surface area (TPSA) is 50.8 Å². The summed E-state index contributed by atoms with van der Waals surface area (Å²) in [5.41, 5.74) is 0. The van der Waals surface area contributed by atoms with E-state index in [1.54, 1.807) is 0 Å². The highest BCUT2D eigenvalue weighted by Crippen LogP contribution is 2.45. The van der Waals surface area contributed by atoms with Crippen molar-refractivity contribution in [1.82, 2.24) is 9.99 Å². The number of nitrogens with one attached hydrogen (secondary N) is 1. The quantitative estimate of drug-likeness (QED) is 0.0558. The predicted octanol–water partition coefficient (Wildman–Crippen LogP) is 12.3. The average molecular weight is 631 g/mol. The molecule has 6 heteroatoms. The van der Waals surface area contributed by atoms with Crippen LogP contribution in [0.3, 0.4) is 0 Å². The third kappa shape index (κ3) is 29.2. The summed E-state index contributed by atoms with van der Waals surface area (Å²) >= 11 is 0. The van der Waals surface area contributed by atoms with E-state index in [1.165, 1.54) is 154 Å². The molecule has 43 heavy (non-hydrogen) atoms. The lowest BCUT2D eigenvalue weighted by atomic mass is 9.95. The van der Waals surface area contributed by atoms with Crippen molar-refractivity contribution in [2.24, 2.45) is 11.8 Å². The minimum Gasteiger partial charge on any atom is -0.309 e. The Bertz CT molecular complexity index is 564. The zero-order chi connectivity index (χ0) is 31.9. The van der Waals surface area contributed by atoms with Gasteiger partial charge in [-0.2, -0.15) is 0 Å². The molecule has 0 saturated heterocycles. The molecule has 0 spiro atoms. The first-order valence-corrected chi connectivity index (χ1v) is 20.7. The summed E-state index contributed by atoms with van der Waals surface area (Å²) in [7, 11) is 0.820. The van der Waals surface area contributed by atoms with E-state index in [2.05, 4.69) is 51.8 Å². The summed E-state index contributed by atoms with van der Waals surface area (Å²) in [6.07, 6.45) is 31.6. The van der Waals surface area contributed by atoms with Crippen LogP contribution >= 0.6 is 7.75 Å². The van der Waals surface area contributed by atoms with Crippen molar-refractivity contribution in [1.29, 1.82) is 0 Å². The maximum Gasteiger partial charge on any atom is 0.405 e. The van der Waals surface area contributed by atoms with E-state index in [-0.39, 0.29) is 0 Å². The van der Waals surface area contributed by atoms with E-state index in [1.807, 2.05) is 0 Å². The second-order valence-corrected chi connectivity index (χ2v) is 15.5. The molecule has 5 nitrogen and oxygen atoms in total. The maximum absolute atomic E-state index is 14.1. The highest BCUT2D eigenvalue weighted by Gasteiger charge is 2.27. The van der Waals surface area contributed by atoms with Gasteiger partial charge in [0.05, 0.1) is 13.2 Å². The fraction of sp³-hybridized carbons (Fsp3) is 1.00. The fourth-order valence-electron chi connectivity index (χ4n) is 5.92. The summed E-state index contributed by atoms with van der Waals surface area (Å²) < 4.78 is 26.8. The Balaban J connectivity index is 5.21. The summed E-state index contributed by atoms with van der Waals surface area (Å²) in [4.78, 5) is 2.17. The van der Waals surface area contributed by atoms with Gasteiger partial charge < -0.3 is 4.90 Å². The van der Waals surface area contributed by atoms with Crippen molar-refractivity contribution in [3.05, 3.63) is 0 Å². The van der Waals surface area contributed by atoms with Crippen molar-refractivity contribution in [3.63, 3.8) is 0 Å². The van der Waals surface area contributed by atoms with Crippen molar-refractivity contribution in [2.75, 3.05) is 40.4 Å². The minimum absolute atomic E-state index is 0.469. The first kappa shape index (κ1) is 43.1. The van der Waals surface area contributed by atoms with Gasteiger partial charge in [-0.3, -0.25) is 9.05 Å². The lowest BCUT2D eigenvalue weighted by Gasteiger charge is -2.25. The standard InChI is InChI=1S/C37H79N2O3P/c1-7-11-15-19-21-25-30-36(28-23-17-13-9-3)34-41-43(40,38-32-27-33-39(5)6)42-35-37(29-24-18-14-10-4)31-26-22-20-16-12-8-2/h36-37H,7-35H2,1-6H3,(H,38,40). The van der Waals surface area contributed by atoms with Crippen LogP contribution in [-0.4, -0.2) is 45.3 Å². The predicted molar refractivity (Wildman–Crippen MR) is 191 cm³/mol. The number of rotatable bonds is 35. The molecule has 1 N–H and O–H groups in total. The van der Waals surface area contributed by atoms with Gasteiger partial charge in [0.2, 0.25) is 0 Å². The second-order valence-electron chi connectivity index (χ2n) is 13.7. The van der Waals surface area contributed by atoms with Gasteiger partial charge in [-0.1, -0.05) is 156 Å². The van der Waals surface area contributed by atoms with Crippen LogP contribution in [0.5, 0.6) is 0 Å². The third-order valence-corrected chi connectivity index (χ3v) is 10.5. The van der Waals surface area contributed by atoms with Crippen LogP contribution < -0.4 is 5.09 Å².